The van der Waals surface area contributed by atoms with Crippen molar-refractivity contribution < 1.29 is 14.4 Å². The molecule has 1 aliphatic heterocycles. The molecule has 1 heterocycles. The van der Waals surface area contributed by atoms with Crippen molar-refractivity contribution in [1.82, 2.24) is 16.0 Å². The van der Waals surface area contributed by atoms with Crippen LogP contribution in [-0.4, -0.2) is 55.1 Å². The van der Waals surface area contributed by atoms with Gasteiger partial charge in [-0.1, -0.05) is 0 Å². The van der Waals surface area contributed by atoms with Crippen molar-refractivity contribution in [1.29, 1.82) is 0 Å². The summed E-state index contributed by atoms with van der Waals surface area (Å²) < 4.78 is 0. The molecule has 0 aromatic heterocycles. The highest BCUT2D eigenvalue weighted by molar-refractivity contribution is 5.82. The standard InChI is InChI=1S/C15H27N3O3/c1-10(19)13-4-7-17-15(12(3)21)6-9-18-14(11(2)20)5-8-16-13/h13-18H,4-9H2,1-3H3. The van der Waals surface area contributed by atoms with E-state index in [1.807, 2.05) is 0 Å². The molecule has 3 N–H and O–H groups in total. The quantitative estimate of drug-likeness (QED) is 0.669. The van der Waals surface area contributed by atoms with Crippen LogP contribution in [0.1, 0.15) is 40.0 Å². The summed E-state index contributed by atoms with van der Waals surface area (Å²) in [5, 5.41) is 9.60. The molecule has 1 saturated heterocycles. The van der Waals surface area contributed by atoms with Crippen LogP contribution in [0.2, 0.25) is 0 Å². The summed E-state index contributed by atoms with van der Waals surface area (Å²) in [6.07, 6.45) is 1.95. The fourth-order valence-electron chi connectivity index (χ4n) is 2.55. The highest BCUT2D eigenvalue weighted by atomic mass is 16.1. The van der Waals surface area contributed by atoms with Gasteiger partial charge in [0.15, 0.2) is 0 Å². The predicted molar refractivity (Wildman–Crippen MR) is 81.3 cm³/mol. The molecule has 0 saturated carbocycles. The molecular formula is C15H27N3O3. The molecule has 0 amide bonds. The van der Waals surface area contributed by atoms with Gasteiger partial charge < -0.3 is 16.0 Å². The van der Waals surface area contributed by atoms with Crippen molar-refractivity contribution in [2.75, 3.05) is 19.6 Å². The van der Waals surface area contributed by atoms with E-state index in [-0.39, 0.29) is 35.5 Å². The Kier molecular flexibility index (Phi) is 7.71. The van der Waals surface area contributed by atoms with Gasteiger partial charge in [-0.15, -0.1) is 0 Å². The molecule has 3 atom stereocenters. The topological polar surface area (TPSA) is 87.3 Å². The predicted octanol–water partition coefficient (Wildman–Crippen LogP) is -0.188. The Morgan fingerprint density at radius 1 is 0.619 bits per heavy atom. The summed E-state index contributed by atoms with van der Waals surface area (Å²) in [6.45, 7) is 6.55. The molecule has 0 bridgehead atoms. The van der Waals surface area contributed by atoms with Gasteiger partial charge in [-0.25, -0.2) is 0 Å². The second-order valence-electron chi connectivity index (χ2n) is 5.72. The molecule has 3 unspecified atom stereocenters. The summed E-state index contributed by atoms with van der Waals surface area (Å²) >= 11 is 0. The van der Waals surface area contributed by atoms with Crippen LogP contribution >= 0.6 is 0 Å². The Morgan fingerprint density at radius 2 is 0.857 bits per heavy atom. The average molecular weight is 297 g/mol. The lowest BCUT2D eigenvalue weighted by atomic mass is 10.0. The fourth-order valence-corrected chi connectivity index (χ4v) is 2.55. The number of nitrogens with one attached hydrogen (secondary N) is 3. The molecule has 0 aromatic carbocycles. The van der Waals surface area contributed by atoms with Crippen LogP contribution in [0.25, 0.3) is 0 Å². The van der Waals surface area contributed by atoms with Gasteiger partial charge in [0.05, 0.1) is 18.1 Å². The van der Waals surface area contributed by atoms with Crippen molar-refractivity contribution in [3.8, 4) is 0 Å². The maximum Gasteiger partial charge on any atom is 0.146 e. The molecule has 120 valence electrons. The normalized spacial score (nSPS) is 29.0. The lowest BCUT2D eigenvalue weighted by Gasteiger charge is -2.24. The zero-order valence-corrected chi connectivity index (χ0v) is 13.2. The van der Waals surface area contributed by atoms with Gasteiger partial charge in [0, 0.05) is 0 Å². The number of ketones is 3. The second kappa shape index (κ2) is 9.02. The number of Topliss-reactive ketones (excluding diaryl/α,β-unsaturated/α-hetero) is 3. The first-order valence-corrected chi connectivity index (χ1v) is 7.63. The summed E-state index contributed by atoms with van der Waals surface area (Å²) in [7, 11) is 0. The van der Waals surface area contributed by atoms with Gasteiger partial charge in [-0.2, -0.15) is 0 Å². The first-order chi connectivity index (χ1) is 9.91. The molecule has 6 heteroatoms. The minimum atomic E-state index is -0.225. The van der Waals surface area contributed by atoms with Gasteiger partial charge in [0.25, 0.3) is 0 Å². The Hall–Kier alpha value is -1.11. The Morgan fingerprint density at radius 3 is 1.05 bits per heavy atom. The van der Waals surface area contributed by atoms with Crippen LogP contribution in [0.3, 0.4) is 0 Å². The SMILES string of the molecule is CC(=O)C1CCNC(C(C)=O)CCNC(C(C)=O)CCN1. The molecule has 0 aromatic rings. The summed E-state index contributed by atoms with van der Waals surface area (Å²) in [4.78, 5) is 34.8. The molecule has 1 rings (SSSR count). The number of hydrogen-bond acceptors (Lipinski definition) is 6. The van der Waals surface area contributed by atoms with E-state index in [0.717, 1.165) is 0 Å². The third-order valence-electron chi connectivity index (χ3n) is 3.94. The van der Waals surface area contributed by atoms with E-state index in [1.165, 1.54) is 0 Å². The third-order valence-corrected chi connectivity index (χ3v) is 3.94. The largest absolute Gasteiger partial charge is 0.307 e. The second-order valence-corrected chi connectivity index (χ2v) is 5.72. The molecule has 0 spiro atoms. The molecule has 0 radical (unpaired) electrons. The molecule has 21 heavy (non-hydrogen) atoms. The smallest absolute Gasteiger partial charge is 0.146 e. The van der Waals surface area contributed by atoms with Crippen molar-refractivity contribution in [3.63, 3.8) is 0 Å². The van der Waals surface area contributed by atoms with Gasteiger partial charge in [0.2, 0.25) is 0 Å². The van der Waals surface area contributed by atoms with Gasteiger partial charge in [0.1, 0.15) is 17.3 Å². The van der Waals surface area contributed by atoms with E-state index in [0.29, 0.717) is 38.9 Å². The zero-order valence-electron chi connectivity index (χ0n) is 13.2. The fraction of sp³-hybridized carbons (Fsp3) is 0.800. The maximum atomic E-state index is 11.6. The Labute approximate surface area is 126 Å². The van der Waals surface area contributed by atoms with E-state index >= 15 is 0 Å². The first kappa shape index (κ1) is 17.9. The minimum absolute atomic E-state index is 0.0839. The van der Waals surface area contributed by atoms with Crippen LogP contribution < -0.4 is 16.0 Å². The van der Waals surface area contributed by atoms with E-state index in [4.69, 9.17) is 0 Å². The van der Waals surface area contributed by atoms with Crippen molar-refractivity contribution in [2.45, 2.75) is 58.2 Å². The van der Waals surface area contributed by atoms with Crippen LogP contribution in [0.15, 0.2) is 0 Å². The first-order valence-electron chi connectivity index (χ1n) is 7.63. The molecule has 0 aliphatic carbocycles. The maximum absolute atomic E-state index is 11.6. The lowest BCUT2D eigenvalue weighted by molar-refractivity contribution is -0.119. The van der Waals surface area contributed by atoms with Gasteiger partial charge in [-0.05, 0) is 59.7 Å². The van der Waals surface area contributed by atoms with Crippen LogP contribution in [-0.2, 0) is 14.4 Å². The summed E-state index contributed by atoms with van der Waals surface area (Å²) in [6, 6.07) is -0.675. The highest BCUT2D eigenvalue weighted by Crippen LogP contribution is 2.02. The summed E-state index contributed by atoms with van der Waals surface area (Å²) in [5.74, 6) is 0.252. The van der Waals surface area contributed by atoms with Crippen LogP contribution in [0.5, 0.6) is 0 Å². The Balaban J connectivity index is 2.70. The molecular weight excluding hydrogens is 270 g/mol. The third kappa shape index (κ3) is 6.46. The monoisotopic (exact) mass is 297 g/mol. The van der Waals surface area contributed by atoms with Crippen LogP contribution in [0.4, 0.5) is 0 Å². The number of hydrogen-bond donors (Lipinski definition) is 3. The zero-order chi connectivity index (χ0) is 15.8. The van der Waals surface area contributed by atoms with Gasteiger partial charge >= 0.3 is 0 Å². The van der Waals surface area contributed by atoms with Crippen molar-refractivity contribution in [2.24, 2.45) is 0 Å². The molecule has 6 nitrogen and oxygen atoms in total. The highest BCUT2D eigenvalue weighted by Gasteiger charge is 2.20. The number of rotatable bonds is 3. The van der Waals surface area contributed by atoms with Crippen molar-refractivity contribution in [3.05, 3.63) is 0 Å². The Bertz CT molecular complexity index is 315. The van der Waals surface area contributed by atoms with E-state index < -0.39 is 0 Å². The van der Waals surface area contributed by atoms with Crippen molar-refractivity contribution >= 4 is 17.3 Å². The van der Waals surface area contributed by atoms with E-state index in [2.05, 4.69) is 16.0 Å². The van der Waals surface area contributed by atoms with E-state index in [9.17, 15) is 14.4 Å². The number of carbonyl (C=O) groups excluding carboxylic acids is 3. The number of carbonyl (C=O) groups is 3. The minimum Gasteiger partial charge on any atom is -0.307 e. The molecule has 1 aliphatic rings. The van der Waals surface area contributed by atoms with Crippen LogP contribution in [0, 0.1) is 0 Å². The lowest BCUT2D eigenvalue weighted by Crippen LogP contribution is -2.47. The average Bonchev–Trinajstić information content (AvgIpc) is 2.37. The van der Waals surface area contributed by atoms with Gasteiger partial charge in [-0.3, -0.25) is 14.4 Å². The summed E-state index contributed by atoms with van der Waals surface area (Å²) in [5.41, 5.74) is 0. The van der Waals surface area contributed by atoms with E-state index in [1.54, 1.807) is 20.8 Å². The molecule has 1 fully saturated rings.